The molecule has 0 spiro atoms. The molecule has 1 atom stereocenters. The lowest BCUT2D eigenvalue weighted by Gasteiger charge is -2.14. The summed E-state index contributed by atoms with van der Waals surface area (Å²) in [4.78, 5) is 0. The van der Waals surface area contributed by atoms with Crippen LogP contribution < -0.4 is 5.32 Å². The highest BCUT2D eigenvalue weighted by atomic mass is 19.4. The van der Waals surface area contributed by atoms with Crippen LogP contribution in [0.25, 0.3) is 0 Å². The fraction of sp³-hybridized carbons (Fsp3) is 0.462. The molecular formula is C13H15F3N2O. The largest absolute Gasteiger partial charge is 0.417 e. The molecule has 1 N–H and O–H groups in total. The number of nitrogens with one attached hydrogen (secondary N) is 1. The predicted octanol–water partition coefficient (Wildman–Crippen LogP) is 3.27. The van der Waals surface area contributed by atoms with Crippen molar-refractivity contribution in [3.8, 4) is 6.07 Å². The summed E-state index contributed by atoms with van der Waals surface area (Å²) in [6.07, 6.45) is -4.51. The summed E-state index contributed by atoms with van der Waals surface area (Å²) in [5, 5.41) is 11.8. The SMILES string of the molecule is COCC(C)CNc1ccc(C(F)(F)F)c(C#N)c1. The number of hydrogen-bond donors (Lipinski definition) is 1. The zero-order chi connectivity index (χ0) is 14.5. The number of halogens is 3. The number of benzene rings is 1. The van der Waals surface area contributed by atoms with E-state index in [4.69, 9.17) is 10.00 Å². The minimum atomic E-state index is -4.51. The number of rotatable bonds is 5. The first kappa shape index (κ1) is 15.3. The average Bonchev–Trinajstić information content (AvgIpc) is 2.35. The van der Waals surface area contributed by atoms with Crippen LogP contribution in [0.2, 0.25) is 0 Å². The lowest BCUT2D eigenvalue weighted by atomic mass is 10.1. The summed E-state index contributed by atoms with van der Waals surface area (Å²) < 4.78 is 42.7. The first-order chi connectivity index (χ1) is 8.88. The van der Waals surface area contributed by atoms with E-state index in [1.165, 1.54) is 12.1 Å². The molecule has 0 saturated heterocycles. The second-order valence-electron chi connectivity index (χ2n) is 4.31. The number of alkyl halides is 3. The Balaban J connectivity index is 2.81. The molecule has 0 aromatic heterocycles. The summed E-state index contributed by atoms with van der Waals surface area (Å²) in [6, 6.07) is 5.02. The minimum absolute atomic E-state index is 0.220. The Morgan fingerprint density at radius 3 is 2.63 bits per heavy atom. The Kier molecular flexibility index (Phi) is 5.19. The van der Waals surface area contributed by atoms with Crippen molar-refractivity contribution in [2.24, 2.45) is 5.92 Å². The summed E-state index contributed by atoms with van der Waals surface area (Å²) in [6.45, 7) is 3.06. The zero-order valence-corrected chi connectivity index (χ0v) is 10.7. The van der Waals surface area contributed by atoms with Crippen molar-refractivity contribution < 1.29 is 17.9 Å². The number of ether oxygens (including phenoxy) is 1. The molecule has 1 aromatic rings. The van der Waals surface area contributed by atoms with Crippen LogP contribution >= 0.6 is 0 Å². The molecule has 0 aliphatic heterocycles. The molecule has 1 unspecified atom stereocenters. The highest BCUT2D eigenvalue weighted by Crippen LogP contribution is 2.32. The Bertz CT molecular complexity index is 466. The van der Waals surface area contributed by atoms with Crippen molar-refractivity contribution in [1.82, 2.24) is 0 Å². The van der Waals surface area contributed by atoms with Crippen molar-refractivity contribution in [3.05, 3.63) is 29.3 Å². The van der Waals surface area contributed by atoms with Gasteiger partial charge in [0.25, 0.3) is 0 Å². The van der Waals surface area contributed by atoms with Gasteiger partial charge in [0.2, 0.25) is 0 Å². The molecule has 0 radical (unpaired) electrons. The van der Waals surface area contributed by atoms with E-state index >= 15 is 0 Å². The molecule has 0 aliphatic rings. The number of nitrogens with zero attached hydrogens (tertiary/aromatic N) is 1. The number of methoxy groups -OCH3 is 1. The molecule has 0 bridgehead atoms. The van der Waals surface area contributed by atoms with Crippen molar-refractivity contribution in [2.45, 2.75) is 13.1 Å². The summed E-state index contributed by atoms with van der Waals surface area (Å²) in [5.41, 5.74) is -0.796. The predicted molar refractivity (Wildman–Crippen MR) is 65.7 cm³/mol. The molecular weight excluding hydrogens is 257 g/mol. The lowest BCUT2D eigenvalue weighted by Crippen LogP contribution is -2.16. The number of anilines is 1. The number of nitriles is 1. The Morgan fingerprint density at radius 1 is 1.42 bits per heavy atom. The molecule has 0 aliphatic carbocycles. The molecule has 1 rings (SSSR count). The quantitative estimate of drug-likeness (QED) is 0.894. The van der Waals surface area contributed by atoms with E-state index < -0.39 is 11.7 Å². The van der Waals surface area contributed by atoms with Gasteiger partial charge >= 0.3 is 6.18 Å². The van der Waals surface area contributed by atoms with Gasteiger partial charge < -0.3 is 10.1 Å². The van der Waals surface area contributed by atoms with Crippen LogP contribution in [0, 0.1) is 17.2 Å². The molecule has 19 heavy (non-hydrogen) atoms. The molecule has 0 heterocycles. The third-order valence-electron chi connectivity index (χ3n) is 2.55. The van der Waals surface area contributed by atoms with E-state index in [1.807, 2.05) is 6.92 Å². The first-order valence-corrected chi connectivity index (χ1v) is 5.72. The molecule has 6 heteroatoms. The van der Waals surface area contributed by atoms with Gasteiger partial charge in [-0.1, -0.05) is 6.92 Å². The van der Waals surface area contributed by atoms with Gasteiger partial charge in [-0.25, -0.2) is 0 Å². The standard InChI is InChI=1S/C13H15F3N2O/c1-9(8-19-2)7-18-11-3-4-12(13(14,15)16)10(5-11)6-17/h3-5,9,18H,7-8H2,1-2H3. The second kappa shape index (κ2) is 6.43. The van der Waals surface area contributed by atoms with Crippen molar-refractivity contribution in [2.75, 3.05) is 25.6 Å². The average molecular weight is 272 g/mol. The van der Waals surface area contributed by atoms with Gasteiger partial charge in [-0.3, -0.25) is 0 Å². The van der Waals surface area contributed by atoms with Crippen LogP contribution in [0.5, 0.6) is 0 Å². The van der Waals surface area contributed by atoms with Gasteiger partial charge in [-0.05, 0) is 24.1 Å². The molecule has 0 saturated carbocycles. The fourth-order valence-corrected chi connectivity index (χ4v) is 1.63. The van der Waals surface area contributed by atoms with Crippen molar-refractivity contribution in [3.63, 3.8) is 0 Å². The van der Waals surface area contributed by atoms with Gasteiger partial charge in [-0.2, -0.15) is 18.4 Å². The maximum Gasteiger partial charge on any atom is 0.417 e. The van der Waals surface area contributed by atoms with Crippen LogP contribution in [0.1, 0.15) is 18.1 Å². The van der Waals surface area contributed by atoms with E-state index in [2.05, 4.69) is 5.32 Å². The summed E-state index contributed by atoms with van der Waals surface area (Å²) >= 11 is 0. The van der Waals surface area contributed by atoms with Gasteiger partial charge in [0.05, 0.1) is 23.8 Å². The third kappa shape index (κ3) is 4.45. The van der Waals surface area contributed by atoms with E-state index in [-0.39, 0.29) is 11.5 Å². The molecule has 3 nitrogen and oxygen atoms in total. The van der Waals surface area contributed by atoms with E-state index in [1.54, 1.807) is 13.2 Å². The highest BCUT2D eigenvalue weighted by molar-refractivity contribution is 5.53. The molecule has 0 fully saturated rings. The normalized spacial score (nSPS) is 12.8. The van der Waals surface area contributed by atoms with Gasteiger partial charge in [0.15, 0.2) is 0 Å². The zero-order valence-electron chi connectivity index (χ0n) is 10.7. The number of hydrogen-bond acceptors (Lipinski definition) is 3. The Morgan fingerprint density at radius 2 is 2.11 bits per heavy atom. The molecule has 0 amide bonds. The van der Waals surface area contributed by atoms with Crippen molar-refractivity contribution >= 4 is 5.69 Å². The van der Waals surface area contributed by atoms with E-state index in [9.17, 15) is 13.2 Å². The van der Waals surface area contributed by atoms with Gasteiger partial charge in [-0.15, -0.1) is 0 Å². The lowest BCUT2D eigenvalue weighted by molar-refractivity contribution is -0.137. The first-order valence-electron chi connectivity index (χ1n) is 5.72. The van der Waals surface area contributed by atoms with Crippen LogP contribution in [0.15, 0.2) is 18.2 Å². The van der Waals surface area contributed by atoms with Crippen LogP contribution in [0.3, 0.4) is 0 Å². The van der Waals surface area contributed by atoms with Crippen LogP contribution in [0.4, 0.5) is 18.9 Å². The van der Waals surface area contributed by atoms with Crippen molar-refractivity contribution in [1.29, 1.82) is 5.26 Å². The van der Waals surface area contributed by atoms with Gasteiger partial charge in [0, 0.05) is 19.3 Å². The van der Waals surface area contributed by atoms with Gasteiger partial charge in [0.1, 0.15) is 0 Å². The smallest absolute Gasteiger partial charge is 0.385 e. The second-order valence-corrected chi connectivity index (χ2v) is 4.31. The van der Waals surface area contributed by atoms with Crippen LogP contribution in [-0.2, 0) is 10.9 Å². The maximum absolute atomic E-state index is 12.6. The Labute approximate surface area is 110 Å². The topological polar surface area (TPSA) is 45.0 Å². The Hall–Kier alpha value is -1.74. The van der Waals surface area contributed by atoms with Crippen LogP contribution in [-0.4, -0.2) is 20.3 Å². The minimum Gasteiger partial charge on any atom is -0.385 e. The summed E-state index contributed by atoms with van der Waals surface area (Å²) in [7, 11) is 1.59. The third-order valence-corrected chi connectivity index (χ3v) is 2.55. The van der Waals surface area contributed by atoms with E-state index in [0.29, 0.717) is 18.8 Å². The molecule has 104 valence electrons. The molecule has 1 aromatic carbocycles. The maximum atomic E-state index is 12.6. The fourth-order valence-electron chi connectivity index (χ4n) is 1.63. The monoisotopic (exact) mass is 272 g/mol. The highest BCUT2D eigenvalue weighted by Gasteiger charge is 2.33. The summed E-state index contributed by atoms with van der Waals surface area (Å²) in [5.74, 6) is 0.220. The van der Waals surface area contributed by atoms with E-state index in [0.717, 1.165) is 6.07 Å².